The number of rotatable bonds is 5. The number of nitro groups is 1. The molecular formula is C20H23N3O2. The predicted octanol–water partition coefficient (Wildman–Crippen LogP) is 4.20. The van der Waals surface area contributed by atoms with Gasteiger partial charge in [0.1, 0.15) is 5.69 Å². The highest BCUT2D eigenvalue weighted by Crippen LogP contribution is 2.38. The van der Waals surface area contributed by atoms with Crippen molar-refractivity contribution in [3.63, 3.8) is 0 Å². The maximum Gasteiger partial charge on any atom is 0.292 e. The molecule has 0 amide bonds. The lowest BCUT2D eigenvalue weighted by Crippen LogP contribution is -2.46. The number of nitro benzene ring substituents is 1. The molecule has 130 valence electrons. The topological polar surface area (TPSA) is 58.4 Å². The summed E-state index contributed by atoms with van der Waals surface area (Å²) in [5, 5.41) is 14.7. The number of piperidine rings is 1. The van der Waals surface area contributed by atoms with Crippen LogP contribution in [0.1, 0.15) is 31.2 Å². The van der Waals surface area contributed by atoms with Gasteiger partial charge in [-0.2, -0.15) is 0 Å². The highest BCUT2D eigenvalue weighted by atomic mass is 16.6. The Labute approximate surface area is 147 Å². The van der Waals surface area contributed by atoms with E-state index in [-0.39, 0.29) is 10.6 Å². The molecule has 5 nitrogen and oxygen atoms in total. The number of nitrogens with one attached hydrogen (secondary N) is 1. The van der Waals surface area contributed by atoms with Crippen molar-refractivity contribution in [3.8, 4) is 0 Å². The third kappa shape index (κ3) is 3.37. The van der Waals surface area contributed by atoms with Crippen LogP contribution < -0.4 is 5.32 Å². The number of hydrogen-bond acceptors (Lipinski definition) is 4. The smallest absolute Gasteiger partial charge is 0.292 e. The molecule has 5 heteroatoms. The molecule has 4 rings (SSSR count). The van der Waals surface area contributed by atoms with Crippen LogP contribution in [0.5, 0.6) is 0 Å². The molecule has 2 bridgehead atoms. The fourth-order valence-corrected chi connectivity index (χ4v) is 4.42. The Morgan fingerprint density at radius 3 is 2.32 bits per heavy atom. The molecule has 2 heterocycles. The predicted molar refractivity (Wildman–Crippen MR) is 98.5 cm³/mol. The molecular weight excluding hydrogens is 314 g/mol. The Bertz CT molecular complexity index is 736. The average molecular weight is 337 g/mol. The van der Waals surface area contributed by atoms with Crippen molar-refractivity contribution in [2.24, 2.45) is 0 Å². The molecule has 2 atom stereocenters. The van der Waals surface area contributed by atoms with Crippen LogP contribution in [0.25, 0.3) is 0 Å². The number of anilines is 1. The first-order chi connectivity index (χ1) is 12.2. The van der Waals surface area contributed by atoms with Crippen LogP contribution in [0, 0.1) is 10.1 Å². The SMILES string of the molecule is O=[N+]([O-])c1ccccc1NC1CC2CCC(C1)N2Cc1ccccc1. The van der Waals surface area contributed by atoms with E-state index < -0.39 is 0 Å². The van der Waals surface area contributed by atoms with Gasteiger partial charge in [0.05, 0.1) is 4.92 Å². The molecule has 2 aliphatic rings. The van der Waals surface area contributed by atoms with Gasteiger partial charge in [0.15, 0.2) is 0 Å². The first kappa shape index (κ1) is 16.1. The largest absolute Gasteiger partial charge is 0.377 e. The zero-order valence-electron chi connectivity index (χ0n) is 14.2. The summed E-state index contributed by atoms with van der Waals surface area (Å²) in [5.74, 6) is 0. The van der Waals surface area contributed by atoms with E-state index in [9.17, 15) is 10.1 Å². The minimum Gasteiger partial charge on any atom is -0.377 e. The second-order valence-corrected chi connectivity index (χ2v) is 7.13. The second-order valence-electron chi connectivity index (χ2n) is 7.13. The van der Waals surface area contributed by atoms with Crippen molar-refractivity contribution in [2.45, 2.75) is 50.4 Å². The molecule has 0 saturated carbocycles. The van der Waals surface area contributed by atoms with Gasteiger partial charge < -0.3 is 5.32 Å². The Morgan fingerprint density at radius 1 is 1.00 bits per heavy atom. The molecule has 2 aromatic rings. The normalized spacial score (nSPS) is 25.7. The van der Waals surface area contributed by atoms with Crippen LogP contribution in [0.3, 0.4) is 0 Å². The highest BCUT2D eigenvalue weighted by Gasteiger charge is 2.40. The maximum atomic E-state index is 11.2. The highest BCUT2D eigenvalue weighted by molar-refractivity contribution is 5.61. The molecule has 2 aromatic carbocycles. The molecule has 2 saturated heterocycles. The number of para-hydroxylation sites is 2. The fraction of sp³-hybridized carbons (Fsp3) is 0.400. The van der Waals surface area contributed by atoms with E-state index in [2.05, 4.69) is 40.5 Å². The van der Waals surface area contributed by atoms with Crippen LogP contribution in [0.4, 0.5) is 11.4 Å². The molecule has 0 radical (unpaired) electrons. The third-order valence-electron chi connectivity index (χ3n) is 5.55. The van der Waals surface area contributed by atoms with Crippen molar-refractivity contribution in [1.29, 1.82) is 0 Å². The molecule has 0 spiro atoms. The lowest BCUT2D eigenvalue weighted by Gasteiger charge is -2.39. The van der Waals surface area contributed by atoms with E-state index in [0.717, 1.165) is 19.4 Å². The van der Waals surface area contributed by atoms with Gasteiger partial charge >= 0.3 is 0 Å². The van der Waals surface area contributed by atoms with E-state index in [1.807, 2.05) is 12.1 Å². The van der Waals surface area contributed by atoms with Crippen LogP contribution in [0.15, 0.2) is 54.6 Å². The Kier molecular flexibility index (Phi) is 4.40. The van der Waals surface area contributed by atoms with Gasteiger partial charge in [-0.15, -0.1) is 0 Å². The Hall–Kier alpha value is -2.40. The summed E-state index contributed by atoms with van der Waals surface area (Å²) in [6.07, 6.45) is 4.56. The molecule has 2 fully saturated rings. The summed E-state index contributed by atoms with van der Waals surface area (Å²) in [7, 11) is 0. The molecule has 0 aliphatic carbocycles. The average Bonchev–Trinajstić information content (AvgIpc) is 2.85. The Balaban J connectivity index is 1.44. The first-order valence-electron chi connectivity index (χ1n) is 9.00. The number of fused-ring (bicyclic) bond motifs is 2. The van der Waals surface area contributed by atoms with E-state index in [0.29, 0.717) is 23.8 Å². The maximum absolute atomic E-state index is 11.2. The van der Waals surface area contributed by atoms with Crippen molar-refractivity contribution < 1.29 is 4.92 Å². The van der Waals surface area contributed by atoms with Gasteiger partial charge in [0.25, 0.3) is 5.69 Å². The minimum atomic E-state index is -0.304. The van der Waals surface area contributed by atoms with Crippen molar-refractivity contribution in [3.05, 3.63) is 70.3 Å². The van der Waals surface area contributed by atoms with Crippen LogP contribution in [0.2, 0.25) is 0 Å². The second kappa shape index (κ2) is 6.84. The molecule has 25 heavy (non-hydrogen) atoms. The lowest BCUT2D eigenvalue weighted by atomic mass is 9.96. The molecule has 0 aromatic heterocycles. The summed E-state index contributed by atoms with van der Waals surface area (Å²) in [6, 6.07) is 19.0. The summed E-state index contributed by atoms with van der Waals surface area (Å²) < 4.78 is 0. The molecule has 2 unspecified atom stereocenters. The fourth-order valence-electron chi connectivity index (χ4n) is 4.42. The van der Waals surface area contributed by atoms with Gasteiger partial charge in [-0.05, 0) is 37.3 Å². The zero-order chi connectivity index (χ0) is 17.2. The quantitative estimate of drug-likeness (QED) is 0.656. The van der Waals surface area contributed by atoms with E-state index in [1.165, 1.54) is 18.4 Å². The number of benzene rings is 2. The lowest BCUT2D eigenvalue weighted by molar-refractivity contribution is -0.384. The van der Waals surface area contributed by atoms with Gasteiger partial charge in [-0.1, -0.05) is 42.5 Å². The number of hydrogen-bond donors (Lipinski definition) is 1. The van der Waals surface area contributed by atoms with Crippen molar-refractivity contribution in [1.82, 2.24) is 4.90 Å². The van der Waals surface area contributed by atoms with Gasteiger partial charge in [-0.25, -0.2) is 0 Å². The molecule has 2 aliphatic heterocycles. The van der Waals surface area contributed by atoms with Gasteiger partial charge in [0.2, 0.25) is 0 Å². The van der Waals surface area contributed by atoms with Gasteiger partial charge in [0, 0.05) is 30.7 Å². The third-order valence-corrected chi connectivity index (χ3v) is 5.55. The summed E-state index contributed by atoms with van der Waals surface area (Å²) in [5.41, 5.74) is 2.18. The van der Waals surface area contributed by atoms with E-state index in [4.69, 9.17) is 0 Å². The van der Waals surface area contributed by atoms with Crippen LogP contribution in [-0.2, 0) is 6.54 Å². The summed E-state index contributed by atoms with van der Waals surface area (Å²) in [4.78, 5) is 13.5. The van der Waals surface area contributed by atoms with Gasteiger partial charge in [-0.3, -0.25) is 15.0 Å². The van der Waals surface area contributed by atoms with Crippen LogP contribution in [-0.4, -0.2) is 27.9 Å². The monoisotopic (exact) mass is 337 g/mol. The first-order valence-corrected chi connectivity index (χ1v) is 9.00. The summed E-state index contributed by atoms with van der Waals surface area (Å²) in [6.45, 7) is 1.01. The van der Waals surface area contributed by atoms with E-state index >= 15 is 0 Å². The van der Waals surface area contributed by atoms with E-state index in [1.54, 1.807) is 12.1 Å². The van der Waals surface area contributed by atoms with Crippen molar-refractivity contribution in [2.75, 3.05) is 5.32 Å². The summed E-state index contributed by atoms with van der Waals surface area (Å²) >= 11 is 0. The van der Waals surface area contributed by atoms with Crippen LogP contribution >= 0.6 is 0 Å². The zero-order valence-corrected chi connectivity index (χ0v) is 14.2. The minimum absolute atomic E-state index is 0.168. The Morgan fingerprint density at radius 2 is 1.64 bits per heavy atom. The number of nitrogens with zero attached hydrogens (tertiary/aromatic N) is 2. The van der Waals surface area contributed by atoms with Crippen molar-refractivity contribution >= 4 is 11.4 Å². The molecule has 1 N–H and O–H groups in total. The standard InChI is InChI=1S/C20H23N3O2/c24-23(25)20-9-5-4-8-19(20)21-16-12-17-10-11-18(13-16)22(17)14-15-6-2-1-3-7-15/h1-9,16-18,21H,10-14H2.